The second-order valence-corrected chi connectivity index (χ2v) is 6.39. The van der Waals surface area contributed by atoms with E-state index in [0.717, 1.165) is 0 Å². The van der Waals surface area contributed by atoms with E-state index in [1.54, 1.807) is 24.3 Å². The van der Waals surface area contributed by atoms with E-state index in [1.807, 2.05) is 0 Å². The van der Waals surface area contributed by atoms with Gasteiger partial charge in [0.25, 0.3) is 9.05 Å². The lowest BCUT2D eigenvalue weighted by Gasteiger charge is -2.04. The van der Waals surface area contributed by atoms with E-state index in [1.165, 1.54) is 17.2 Å². The summed E-state index contributed by atoms with van der Waals surface area (Å²) in [6.45, 7) is 0. The van der Waals surface area contributed by atoms with Gasteiger partial charge in [0, 0.05) is 16.2 Å². The summed E-state index contributed by atoms with van der Waals surface area (Å²) in [5.74, 6) is 0. The summed E-state index contributed by atoms with van der Waals surface area (Å²) in [7, 11) is 1.50. The first kappa shape index (κ1) is 12.8. The Kier molecular flexibility index (Phi) is 2.99. The Morgan fingerprint density at radius 3 is 2.85 bits per heavy atom. The van der Waals surface area contributed by atoms with Crippen molar-refractivity contribution in [1.29, 1.82) is 0 Å². The number of aromatic nitrogens is 6. The molecular weight excluding hydrogens is 304 g/mol. The van der Waals surface area contributed by atoms with E-state index in [0.29, 0.717) is 16.9 Å². The molecule has 0 aliphatic carbocycles. The molecule has 0 saturated carbocycles. The van der Waals surface area contributed by atoms with Gasteiger partial charge in [-0.15, -0.1) is 5.10 Å². The highest BCUT2D eigenvalue weighted by Crippen LogP contribution is 2.28. The second-order valence-electron chi connectivity index (χ2n) is 3.85. The van der Waals surface area contributed by atoms with Gasteiger partial charge in [-0.2, -0.15) is 5.10 Å². The van der Waals surface area contributed by atoms with Crippen LogP contribution in [0, 0.1) is 0 Å². The standard InChI is InChI=1S/C10H7ClN6O2S/c11-20(18,19)9-5-12-14-10(9)7-2-1-3-8(4-7)17-6-13-15-16-17/h1-6H,(H,12,14). The Hall–Kier alpha value is -2.26. The molecule has 0 aliphatic rings. The number of halogens is 1. The molecule has 0 atom stereocenters. The number of tetrazole rings is 1. The van der Waals surface area contributed by atoms with Crippen LogP contribution in [0.5, 0.6) is 0 Å². The van der Waals surface area contributed by atoms with Crippen LogP contribution in [-0.4, -0.2) is 38.8 Å². The monoisotopic (exact) mass is 310 g/mol. The lowest BCUT2D eigenvalue weighted by molar-refractivity contribution is 0.610. The Morgan fingerprint density at radius 1 is 1.30 bits per heavy atom. The summed E-state index contributed by atoms with van der Waals surface area (Å²) in [6.07, 6.45) is 2.60. The van der Waals surface area contributed by atoms with E-state index in [-0.39, 0.29) is 4.90 Å². The van der Waals surface area contributed by atoms with Gasteiger partial charge >= 0.3 is 0 Å². The van der Waals surface area contributed by atoms with E-state index < -0.39 is 9.05 Å². The summed E-state index contributed by atoms with van der Waals surface area (Å²) in [5.41, 5.74) is 1.60. The van der Waals surface area contributed by atoms with Crippen molar-refractivity contribution in [1.82, 2.24) is 30.4 Å². The highest BCUT2D eigenvalue weighted by molar-refractivity contribution is 8.13. The second kappa shape index (κ2) is 4.69. The van der Waals surface area contributed by atoms with Crippen LogP contribution in [0.1, 0.15) is 0 Å². The minimum Gasteiger partial charge on any atom is -0.276 e. The topological polar surface area (TPSA) is 106 Å². The van der Waals surface area contributed by atoms with Gasteiger partial charge in [-0.05, 0) is 22.6 Å². The van der Waals surface area contributed by atoms with Crippen molar-refractivity contribution in [2.45, 2.75) is 4.90 Å². The molecule has 2 heterocycles. The maximum Gasteiger partial charge on any atom is 0.265 e. The fraction of sp³-hybridized carbons (Fsp3) is 0. The zero-order chi connectivity index (χ0) is 14.2. The molecule has 0 aliphatic heterocycles. The summed E-state index contributed by atoms with van der Waals surface area (Å²) in [4.78, 5) is -0.0759. The van der Waals surface area contributed by atoms with E-state index in [2.05, 4.69) is 25.7 Å². The van der Waals surface area contributed by atoms with Gasteiger partial charge in [0.15, 0.2) is 0 Å². The Morgan fingerprint density at radius 2 is 2.15 bits per heavy atom. The van der Waals surface area contributed by atoms with Crippen LogP contribution in [0.3, 0.4) is 0 Å². The van der Waals surface area contributed by atoms with Gasteiger partial charge in [-0.25, -0.2) is 13.1 Å². The quantitative estimate of drug-likeness (QED) is 0.723. The van der Waals surface area contributed by atoms with E-state index >= 15 is 0 Å². The number of hydrogen-bond donors (Lipinski definition) is 1. The van der Waals surface area contributed by atoms with Crippen molar-refractivity contribution in [2.75, 3.05) is 0 Å². The first-order chi connectivity index (χ1) is 9.55. The summed E-state index contributed by atoms with van der Waals surface area (Å²) < 4.78 is 24.4. The molecule has 0 amide bonds. The molecule has 0 radical (unpaired) electrons. The van der Waals surface area contributed by atoms with Crippen LogP contribution in [0.4, 0.5) is 0 Å². The molecule has 1 aromatic carbocycles. The molecule has 0 unspecified atom stereocenters. The van der Waals surface area contributed by atoms with Gasteiger partial charge in [0.05, 0.1) is 17.6 Å². The van der Waals surface area contributed by atoms with Crippen LogP contribution in [0.2, 0.25) is 0 Å². The number of rotatable bonds is 3. The lowest BCUT2D eigenvalue weighted by atomic mass is 10.1. The average molecular weight is 311 g/mol. The largest absolute Gasteiger partial charge is 0.276 e. The molecule has 1 N–H and O–H groups in total. The van der Waals surface area contributed by atoms with Crippen LogP contribution < -0.4 is 0 Å². The highest BCUT2D eigenvalue weighted by atomic mass is 35.7. The van der Waals surface area contributed by atoms with Crippen molar-refractivity contribution in [2.24, 2.45) is 0 Å². The fourth-order valence-electron chi connectivity index (χ4n) is 1.75. The highest BCUT2D eigenvalue weighted by Gasteiger charge is 2.19. The lowest BCUT2D eigenvalue weighted by Crippen LogP contribution is -1.96. The number of aromatic amines is 1. The third-order valence-corrected chi connectivity index (χ3v) is 3.95. The summed E-state index contributed by atoms with van der Waals surface area (Å²) in [6, 6.07) is 6.98. The zero-order valence-electron chi connectivity index (χ0n) is 9.80. The molecule has 10 heteroatoms. The maximum atomic E-state index is 11.5. The normalized spacial score (nSPS) is 11.7. The Balaban J connectivity index is 2.13. The molecule has 0 spiro atoms. The van der Waals surface area contributed by atoms with Gasteiger partial charge in [-0.3, -0.25) is 5.10 Å². The van der Waals surface area contributed by atoms with Gasteiger partial charge in [-0.1, -0.05) is 12.1 Å². The van der Waals surface area contributed by atoms with Crippen molar-refractivity contribution in [3.63, 3.8) is 0 Å². The zero-order valence-corrected chi connectivity index (χ0v) is 11.4. The van der Waals surface area contributed by atoms with Crippen molar-refractivity contribution in [3.05, 3.63) is 36.8 Å². The van der Waals surface area contributed by atoms with Gasteiger partial charge in [0.1, 0.15) is 11.2 Å². The molecule has 3 aromatic rings. The molecule has 0 fully saturated rings. The third-order valence-electron chi connectivity index (χ3n) is 2.62. The average Bonchev–Trinajstić information content (AvgIpc) is 3.10. The smallest absolute Gasteiger partial charge is 0.265 e. The molecule has 8 nitrogen and oxygen atoms in total. The Bertz CT molecular complexity index is 842. The first-order valence-electron chi connectivity index (χ1n) is 5.37. The summed E-state index contributed by atoms with van der Waals surface area (Å²) >= 11 is 0. The van der Waals surface area contributed by atoms with Gasteiger partial charge in [0.2, 0.25) is 0 Å². The minimum absolute atomic E-state index is 0.0759. The Labute approximate surface area is 117 Å². The number of nitrogens with zero attached hydrogens (tertiary/aromatic N) is 5. The van der Waals surface area contributed by atoms with Crippen LogP contribution >= 0.6 is 10.7 Å². The molecular formula is C10H7ClN6O2S. The predicted octanol–water partition coefficient (Wildman–Crippen LogP) is 0.980. The molecule has 20 heavy (non-hydrogen) atoms. The van der Waals surface area contributed by atoms with Crippen LogP contribution in [-0.2, 0) is 9.05 Å². The van der Waals surface area contributed by atoms with E-state index in [4.69, 9.17) is 10.7 Å². The number of benzene rings is 1. The van der Waals surface area contributed by atoms with Crippen molar-refractivity contribution >= 4 is 19.7 Å². The number of H-pyrrole nitrogens is 1. The SMILES string of the molecule is O=S(=O)(Cl)c1cn[nH]c1-c1cccc(-n2cnnn2)c1. The minimum atomic E-state index is -3.87. The van der Waals surface area contributed by atoms with Gasteiger partial charge < -0.3 is 0 Å². The van der Waals surface area contributed by atoms with Crippen molar-refractivity contribution < 1.29 is 8.42 Å². The molecule has 3 rings (SSSR count). The van der Waals surface area contributed by atoms with E-state index in [9.17, 15) is 8.42 Å². The maximum absolute atomic E-state index is 11.5. The number of nitrogens with one attached hydrogen (secondary N) is 1. The molecule has 0 saturated heterocycles. The first-order valence-corrected chi connectivity index (χ1v) is 7.68. The van der Waals surface area contributed by atoms with Crippen LogP contribution in [0.25, 0.3) is 16.9 Å². The molecule has 0 bridgehead atoms. The number of hydrogen-bond acceptors (Lipinski definition) is 6. The van der Waals surface area contributed by atoms with Crippen LogP contribution in [0.15, 0.2) is 41.7 Å². The molecule has 102 valence electrons. The van der Waals surface area contributed by atoms with Crippen molar-refractivity contribution in [3.8, 4) is 16.9 Å². The summed E-state index contributed by atoms with van der Waals surface area (Å²) in [5, 5.41) is 17.2. The fourth-order valence-corrected chi connectivity index (χ4v) is 2.69. The molecule has 2 aromatic heterocycles. The third kappa shape index (κ3) is 2.28. The predicted molar refractivity (Wildman–Crippen MR) is 69.8 cm³/mol.